The van der Waals surface area contributed by atoms with Crippen molar-refractivity contribution in [1.29, 1.82) is 0 Å². The molecule has 0 fully saturated rings. The molecule has 0 saturated heterocycles. The molecule has 0 radical (unpaired) electrons. The molecule has 12 heavy (non-hydrogen) atoms. The monoisotopic (exact) mass is 231 g/mol. The van der Waals surface area contributed by atoms with E-state index in [1.165, 1.54) is 0 Å². The van der Waals surface area contributed by atoms with Crippen LogP contribution < -0.4 is 0 Å². The van der Waals surface area contributed by atoms with E-state index in [1.54, 1.807) is 13.1 Å². The molecule has 1 aromatic rings. The quantitative estimate of drug-likeness (QED) is 0.722. The second-order valence-electron chi connectivity index (χ2n) is 3.11. The van der Waals surface area contributed by atoms with Crippen molar-refractivity contribution in [3.05, 3.63) is 27.7 Å². The van der Waals surface area contributed by atoms with Crippen LogP contribution in [0.1, 0.15) is 31.0 Å². The fourth-order valence-electron chi connectivity index (χ4n) is 0.968. The smallest absolute Gasteiger partial charge is 0.143 e. The van der Waals surface area contributed by atoms with E-state index in [4.69, 9.17) is 0 Å². The van der Waals surface area contributed by atoms with Crippen molar-refractivity contribution in [3.8, 4) is 0 Å². The zero-order valence-corrected chi connectivity index (χ0v) is 8.94. The Morgan fingerprint density at radius 1 is 1.50 bits per heavy atom. The molecule has 0 atom stereocenters. The van der Waals surface area contributed by atoms with Crippen LogP contribution >= 0.6 is 15.9 Å². The van der Waals surface area contributed by atoms with E-state index in [1.807, 2.05) is 13.8 Å². The van der Waals surface area contributed by atoms with Crippen LogP contribution in [0.3, 0.4) is 0 Å². The van der Waals surface area contributed by atoms with Crippen LogP contribution in [0.2, 0.25) is 0 Å². The number of aryl methyl sites for hydroxylation is 1. The number of halogens is 2. The lowest BCUT2D eigenvalue weighted by molar-refractivity contribution is 0.600. The van der Waals surface area contributed by atoms with E-state index in [9.17, 15) is 4.39 Å². The summed E-state index contributed by atoms with van der Waals surface area (Å²) in [7, 11) is 0. The normalized spacial score (nSPS) is 10.8. The third-order valence-electron chi connectivity index (χ3n) is 1.71. The highest BCUT2D eigenvalue weighted by Gasteiger charge is 2.12. The van der Waals surface area contributed by atoms with Crippen molar-refractivity contribution in [2.24, 2.45) is 0 Å². The van der Waals surface area contributed by atoms with Crippen LogP contribution in [0.15, 0.2) is 10.7 Å². The van der Waals surface area contributed by atoms with Gasteiger partial charge >= 0.3 is 0 Å². The first kappa shape index (κ1) is 9.65. The van der Waals surface area contributed by atoms with Crippen molar-refractivity contribution in [3.63, 3.8) is 0 Å². The fraction of sp³-hybridized carbons (Fsp3) is 0.444. The van der Waals surface area contributed by atoms with Crippen molar-refractivity contribution in [1.82, 2.24) is 4.98 Å². The maximum atomic E-state index is 13.3. The van der Waals surface area contributed by atoms with Crippen molar-refractivity contribution >= 4 is 15.9 Å². The predicted molar refractivity (Wildman–Crippen MR) is 50.7 cm³/mol. The Morgan fingerprint density at radius 2 is 2.08 bits per heavy atom. The highest BCUT2D eigenvalue weighted by Crippen LogP contribution is 2.26. The molecule has 66 valence electrons. The zero-order valence-electron chi connectivity index (χ0n) is 7.36. The number of rotatable bonds is 1. The van der Waals surface area contributed by atoms with Gasteiger partial charge in [-0.05, 0) is 28.8 Å². The van der Waals surface area contributed by atoms with Gasteiger partial charge in [0.15, 0.2) is 0 Å². The summed E-state index contributed by atoms with van der Waals surface area (Å²) >= 11 is 3.19. The molecule has 0 spiro atoms. The van der Waals surface area contributed by atoms with Gasteiger partial charge in [-0.2, -0.15) is 0 Å². The lowest BCUT2D eigenvalue weighted by atomic mass is 10.1. The molecule has 3 heteroatoms. The lowest BCUT2D eigenvalue weighted by Crippen LogP contribution is -1.98. The van der Waals surface area contributed by atoms with Gasteiger partial charge in [-0.1, -0.05) is 13.8 Å². The molecular weight excluding hydrogens is 221 g/mol. The van der Waals surface area contributed by atoms with Gasteiger partial charge in [0.25, 0.3) is 0 Å². The van der Waals surface area contributed by atoms with Crippen molar-refractivity contribution < 1.29 is 4.39 Å². The summed E-state index contributed by atoms with van der Waals surface area (Å²) in [6, 6.07) is 0. The number of hydrogen-bond donors (Lipinski definition) is 0. The molecule has 0 aliphatic heterocycles. The lowest BCUT2D eigenvalue weighted by Gasteiger charge is -2.08. The first-order chi connectivity index (χ1) is 5.54. The van der Waals surface area contributed by atoms with Gasteiger partial charge in [0.1, 0.15) is 5.82 Å². The average molecular weight is 232 g/mol. The van der Waals surface area contributed by atoms with E-state index in [0.717, 1.165) is 5.69 Å². The van der Waals surface area contributed by atoms with Gasteiger partial charge in [0, 0.05) is 11.8 Å². The highest BCUT2D eigenvalue weighted by atomic mass is 79.9. The Labute approximate surface area is 80.1 Å². The molecule has 0 aromatic carbocycles. The Kier molecular flexibility index (Phi) is 2.83. The molecule has 0 amide bonds. The first-order valence-corrected chi connectivity index (χ1v) is 4.63. The van der Waals surface area contributed by atoms with Gasteiger partial charge in [0.05, 0.1) is 10.2 Å². The average Bonchev–Trinajstić information content (AvgIpc) is 2.00. The largest absolute Gasteiger partial charge is 0.259 e. The second kappa shape index (κ2) is 3.52. The number of hydrogen-bond acceptors (Lipinski definition) is 1. The Balaban J connectivity index is 3.27. The van der Waals surface area contributed by atoms with Crippen LogP contribution in [0.5, 0.6) is 0 Å². The first-order valence-electron chi connectivity index (χ1n) is 3.84. The van der Waals surface area contributed by atoms with E-state index >= 15 is 0 Å². The van der Waals surface area contributed by atoms with Crippen LogP contribution in [0, 0.1) is 12.7 Å². The van der Waals surface area contributed by atoms with Gasteiger partial charge in [-0.25, -0.2) is 4.39 Å². The van der Waals surface area contributed by atoms with Gasteiger partial charge in [-0.15, -0.1) is 0 Å². The number of aromatic nitrogens is 1. The van der Waals surface area contributed by atoms with E-state index in [0.29, 0.717) is 10.0 Å². The van der Waals surface area contributed by atoms with Crippen LogP contribution in [0.25, 0.3) is 0 Å². The molecule has 0 saturated carbocycles. The van der Waals surface area contributed by atoms with Crippen LogP contribution in [-0.4, -0.2) is 4.98 Å². The van der Waals surface area contributed by atoms with Crippen molar-refractivity contribution in [2.75, 3.05) is 0 Å². The van der Waals surface area contributed by atoms with E-state index in [-0.39, 0.29) is 11.7 Å². The molecule has 1 aromatic heterocycles. The molecule has 0 unspecified atom stereocenters. The summed E-state index contributed by atoms with van der Waals surface area (Å²) in [5.41, 5.74) is 1.35. The topological polar surface area (TPSA) is 12.9 Å². The predicted octanol–water partition coefficient (Wildman–Crippen LogP) is 3.42. The molecule has 0 bridgehead atoms. The minimum atomic E-state index is -0.200. The van der Waals surface area contributed by atoms with E-state index < -0.39 is 0 Å². The SMILES string of the molecule is Cc1cnc(C(C)C)c(Br)c1F. The zero-order chi connectivity index (χ0) is 9.30. The third-order valence-corrected chi connectivity index (χ3v) is 2.46. The van der Waals surface area contributed by atoms with Crippen LogP contribution in [-0.2, 0) is 0 Å². The van der Waals surface area contributed by atoms with Gasteiger partial charge in [-0.3, -0.25) is 4.98 Å². The van der Waals surface area contributed by atoms with Gasteiger partial charge < -0.3 is 0 Å². The number of pyridine rings is 1. The molecule has 1 nitrogen and oxygen atoms in total. The standard InChI is InChI=1S/C9H11BrFN/c1-5(2)9-7(10)8(11)6(3)4-12-9/h4-5H,1-3H3. The molecule has 1 heterocycles. The second-order valence-corrected chi connectivity index (χ2v) is 3.90. The minimum Gasteiger partial charge on any atom is -0.259 e. The summed E-state index contributed by atoms with van der Waals surface area (Å²) in [4.78, 5) is 4.15. The summed E-state index contributed by atoms with van der Waals surface area (Å²) in [6.07, 6.45) is 1.56. The Bertz CT molecular complexity index is 297. The summed E-state index contributed by atoms with van der Waals surface area (Å²) in [5.74, 6) is 0.0446. The summed E-state index contributed by atoms with van der Waals surface area (Å²) in [6.45, 7) is 5.68. The molecule has 1 rings (SSSR count). The fourth-order valence-corrected chi connectivity index (χ4v) is 1.84. The maximum Gasteiger partial charge on any atom is 0.143 e. The Hall–Kier alpha value is -0.440. The molecule has 0 N–H and O–H groups in total. The maximum absolute atomic E-state index is 13.3. The molecule has 0 aliphatic rings. The Morgan fingerprint density at radius 3 is 2.58 bits per heavy atom. The highest BCUT2D eigenvalue weighted by molar-refractivity contribution is 9.10. The van der Waals surface area contributed by atoms with E-state index in [2.05, 4.69) is 20.9 Å². The summed E-state index contributed by atoms with van der Waals surface area (Å²) in [5, 5.41) is 0. The van der Waals surface area contributed by atoms with Crippen LogP contribution in [0.4, 0.5) is 4.39 Å². The van der Waals surface area contributed by atoms with Gasteiger partial charge in [0.2, 0.25) is 0 Å². The van der Waals surface area contributed by atoms with Crippen molar-refractivity contribution in [2.45, 2.75) is 26.7 Å². The minimum absolute atomic E-state index is 0.200. The third kappa shape index (κ3) is 1.66. The summed E-state index contributed by atoms with van der Waals surface area (Å²) < 4.78 is 13.8. The molecular formula is C9H11BrFN. The number of nitrogens with zero attached hydrogens (tertiary/aromatic N) is 1. The molecule has 0 aliphatic carbocycles.